The van der Waals surface area contributed by atoms with Crippen molar-refractivity contribution in [3.63, 3.8) is 0 Å². The maximum atomic E-state index is 3.41. The van der Waals surface area contributed by atoms with Gasteiger partial charge in [0.1, 0.15) is 0 Å². The van der Waals surface area contributed by atoms with Crippen LogP contribution < -0.4 is 21.3 Å². The minimum atomic E-state index is 0.743. The van der Waals surface area contributed by atoms with E-state index >= 15 is 0 Å². The predicted molar refractivity (Wildman–Crippen MR) is 72.0 cm³/mol. The highest BCUT2D eigenvalue weighted by atomic mass is 15.0. The zero-order chi connectivity index (χ0) is 12.1. The molecule has 0 unspecified atom stereocenters. The molecule has 0 amide bonds. The van der Waals surface area contributed by atoms with Crippen molar-refractivity contribution in [2.75, 3.05) is 52.4 Å². The van der Waals surface area contributed by atoms with E-state index in [1.165, 1.54) is 0 Å². The Bertz CT molecular complexity index is 128. The van der Waals surface area contributed by atoms with Gasteiger partial charge in [-0.25, -0.2) is 0 Å². The molecule has 0 aliphatic rings. The fourth-order valence-electron chi connectivity index (χ4n) is 1.35. The molecule has 0 saturated carbocycles. The quantitative estimate of drug-likeness (QED) is 0.357. The van der Waals surface area contributed by atoms with Crippen LogP contribution >= 0.6 is 0 Å². The minimum absolute atomic E-state index is 0.743. The number of nitrogens with one attached hydrogen (secondary N) is 4. The summed E-state index contributed by atoms with van der Waals surface area (Å²) in [5.41, 5.74) is 0. The van der Waals surface area contributed by atoms with Crippen molar-refractivity contribution in [1.82, 2.24) is 21.3 Å². The van der Waals surface area contributed by atoms with Crippen molar-refractivity contribution in [2.45, 2.75) is 20.8 Å². The van der Waals surface area contributed by atoms with E-state index in [1.54, 1.807) is 0 Å². The van der Waals surface area contributed by atoms with Gasteiger partial charge >= 0.3 is 0 Å². The van der Waals surface area contributed by atoms with Gasteiger partial charge in [0.15, 0.2) is 0 Å². The predicted octanol–water partition coefficient (Wildman–Crippen LogP) is 0.0207. The molecule has 0 heterocycles. The summed E-state index contributed by atoms with van der Waals surface area (Å²) >= 11 is 0. The third-order valence-electron chi connectivity index (χ3n) is 2.24. The Kier molecular flexibility index (Phi) is 12.8. The van der Waals surface area contributed by atoms with E-state index in [0.29, 0.717) is 0 Å². The van der Waals surface area contributed by atoms with E-state index in [-0.39, 0.29) is 0 Å². The molecule has 0 bridgehead atoms. The first-order valence-corrected chi connectivity index (χ1v) is 6.60. The lowest BCUT2D eigenvalue weighted by Gasteiger charge is -2.09. The summed E-state index contributed by atoms with van der Waals surface area (Å²) in [5, 5.41) is 13.5. The topological polar surface area (TPSA) is 48.1 Å². The van der Waals surface area contributed by atoms with E-state index in [0.717, 1.165) is 58.3 Å². The highest BCUT2D eigenvalue weighted by Crippen LogP contribution is 1.85. The van der Waals surface area contributed by atoms with Crippen molar-refractivity contribution in [3.8, 4) is 0 Å². The van der Waals surface area contributed by atoms with E-state index in [2.05, 4.69) is 42.0 Å². The summed E-state index contributed by atoms with van der Waals surface area (Å²) in [5.74, 6) is 0.743. The molecule has 16 heavy (non-hydrogen) atoms. The van der Waals surface area contributed by atoms with Crippen LogP contribution in [0.5, 0.6) is 0 Å². The molecule has 0 aliphatic heterocycles. The van der Waals surface area contributed by atoms with Gasteiger partial charge in [0.2, 0.25) is 0 Å². The van der Waals surface area contributed by atoms with Gasteiger partial charge in [-0.1, -0.05) is 20.8 Å². The van der Waals surface area contributed by atoms with Crippen LogP contribution in [0.3, 0.4) is 0 Å². The summed E-state index contributed by atoms with van der Waals surface area (Å²) in [6.45, 7) is 15.1. The largest absolute Gasteiger partial charge is 0.316 e. The van der Waals surface area contributed by atoms with Gasteiger partial charge < -0.3 is 21.3 Å². The highest BCUT2D eigenvalue weighted by molar-refractivity contribution is 4.56. The molecule has 0 aromatic heterocycles. The zero-order valence-corrected chi connectivity index (χ0v) is 11.2. The van der Waals surface area contributed by atoms with Crippen LogP contribution in [0.1, 0.15) is 20.8 Å². The van der Waals surface area contributed by atoms with Crippen LogP contribution in [-0.2, 0) is 0 Å². The highest BCUT2D eigenvalue weighted by Gasteiger charge is 1.92. The molecule has 0 aliphatic carbocycles. The SMILES string of the molecule is CCNCCNCCNCCNCC(C)C. The summed E-state index contributed by atoms with van der Waals surface area (Å²) in [6, 6.07) is 0. The smallest absolute Gasteiger partial charge is 0.00772 e. The Morgan fingerprint density at radius 1 is 0.688 bits per heavy atom. The molecule has 98 valence electrons. The number of hydrogen-bond acceptors (Lipinski definition) is 4. The minimum Gasteiger partial charge on any atom is -0.316 e. The second kappa shape index (κ2) is 12.9. The second-order valence-corrected chi connectivity index (χ2v) is 4.45. The van der Waals surface area contributed by atoms with Crippen LogP contribution in [0.25, 0.3) is 0 Å². The van der Waals surface area contributed by atoms with Gasteiger partial charge in [-0.15, -0.1) is 0 Å². The van der Waals surface area contributed by atoms with Crippen molar-refractivity contribution in [3.05, 3.63) is 0 Å². The molecular weight excluding hydrogens is 200 g/mol. The molecular formula is C12H30N4. The lowest BCUT2D eigenvalue weighted by atomic mass is 10.2. The fraction of sp³-hybridized carbons (Fsp3) is 1.00. The van der Waals surface area contributed by atoms with Gasteiger partial charge in [-0.3, -0.25) is 0 Å². The average Bonchev–Trinajstić information content (AvgIpc) is 2.25. The second-order valence-electron chi connectivity index (χ2n) is 4.45. The molecule has 0 rings (SSSR count). The van der Waals surface area contributed by atoms with Crippen LogP contribution in [0.15, 0.2) is 0 Å². The first-order chi connectivity index (χ1) is 7.77. The van der Waals surface area contributed by atoms with Crippen LogP contribution in [0.4, 0.5) is 0 Å². The Hall–Kier alpha value is -0.160. The number of hydrogen-bond donors (Lipinski definition) is 4. The maximum absolute atomic E-state index is 3.41. The summed E-state index contributed by atoms with van der Waals surface area (Å²) in [7, 11) is 0. The number of rotatable bonds is 12. The first-order valence-electron chi connectivity index (χ1n) is 6.60. The summed E-state index contributed by atoms with van der Waals surface area (Å²) in [4.78, 5) is 0. The Morgan fingerprint density at radius 3 is 1.56 bits per heavy atom. The van der Waals surface area contributed by atoms with Crippen molar-refractivity contribution < 1.29 is 0 Å². The van der Waals surface area contributed by atoms with E-state index in [1.807, 2.05) is 0 Å². The van der Waals surface area contributed by atoms with E-state index in [9.17, 15) is 0 Å². The molecule has 0 aromatic rings. The third kappa shape index (κ3) is 13.8. The third-order valence-corrected chi connectivity index (χ3v) is 2.24. The zero-order valence-electron chi connectivity index (χ0n) is 11.2. The molecule has 0 spiro atoms. The van der Waals surface area contributed by atoms with E-state index < -0.39 is 0 Å². The van der Waals surface area contributed by atoms with Crippen molar-refractivity contribution in [2.24, 2.45) is 5.92 Å². The molecule has 4 heteroatoms. The Morgan fingerprint density at radius 2 is 1.12 bits per heavy atom. The van der Waals surface area contributed by atoms with Gasteiger partial charge in [0.25, 0.3) is 0 Å². The summed E-state index contributed by atoms with van der Waals surface area (Å²) in [6.07, 6.45) is 0. The molecule has 0 fully saturated rings. The van der Waals surface area contributed by atoms with Gasteiger partial charge in [-0.05, 0) is 19.0 Å². The van der Waals surface area contributed by atoms with Crippen LogP contribution in [0.2, 0.25) is 0 Å². The monoisotopic (exact) mass is 230 g/mol. The molecule has 0 aromatic carbocycles. The Balaban J connectivity index is 2.88. The fourth-order valence-corrected chi connectivity index (χ4v) is 1.35. The lowest BCUT2D eigenvalue weighted by Crippen LogP contribution is -2.35. The van der Waals surface area contributed by atoms with Crippen LogP contribution in [-0.4, -0.2) is 52.4 Å². The van der Waals surface area contributed by atoms with Gasteiger partial charge in [0.05, 0.1) is 0 Å². The normalized spacial score (nSPS) is 11.2. The van der Waals surface area contributed by atoms with Gasteiger partial charge in [0, 0.05) is 39.3 Å². The number of likely N-dealkylation sites (N-methyl/N-ethyl adjacent to an activating group) is 1. The molecule has 0 radical (unpaired) electrons. The van der Waals surface area contributed by atoms with Crippen molar-refractivity contribution in [1.29, 1.82) is 0 Å². The molecule has 4 N–H and O–H groups in total. The molecule has 0 saturated heterocycles. The van der Waals surface area contributed by atoms with E-state index in [4.69, 9.17) is 0 Å². The van der Waals surface area contributed by atoms with Crippen molar-refractivity contribution >= 4 is 0 Å². The lowest BCUT2D eigenvalue weighted by molar-refractivity contribution is 0.528. The summed E-state index contributed by atoms with van der Waals surface area (Å²) < 4.78 is 0. The van der Waals surface area contributed by atoms with Crippen LogP contribution in [0, 0.1) is 5.92 Å². The molecule has 0 atom stereocenters. The molecule has 4 nitrogen and oxygen atoms in total. The maximum Gasteiger partial charge on any atom is 0.00772 e. The Labute approximate surface area is 101 Å². The van der Waals surface area contributed by atoms with Gasteiger partial charge in [-0.2, -0.15) is 0 Å². The average molecular weight is 230 g/mol. The standard InChI is InChI=1S/C12H30N4/c1-4-13-5-6-14-7-8-15-9-10-16-11-12(2)3/h12-16H,4-11H2,1-3H3. The first kappa shape index (κ1) is 15.8.